The molecule has 1 aliphatic carbocycles. The van der Waals surface area contributed by atoms with Crippen LogP contribution in [0.15, 0.2) is 6.20 Å². The standard InChI is InChI=1S/C12H17ClN4/c1-3-15-12(7-14,10-4-5-10)8-17-9(2)11(13)6-16-17/h6,10,15H,3-5,8H2,1-2H3. The van der Waals surface area contributed by atoms with Gasteiger partial charge in [-0.1, -0.05) is 18.5 Å². The minimum atomic E-state index is -0.491. The van der Waals surface area contributed by atoms with Crippen molar-refractivity contribution in [2.45, 2.75) is 38.8 Å². The van der Waals surface area contributed by atoms with E-state index in [-0.39, 0.29) is 0 Å². The topological polar surface area (TPSA) is 53.6 Å². The Morgan fingerprint density at radius 3 is 2.82 bits per heavy atom. The first kappa shape index (κ1) is 12.4. The molecule has 0 spiro atoms. The van der Waals surface area contributed by atoms with E-state index in [1.54, 1.807) is 6.20 Å². The number of nitrogens with zero attached hydrogens (tertiary/aromatic N) is 3. The van der Waals surface area contributed by atoms with Gasteiger partial charge in [-0.15, -0.1) is 0 Å². The summed E-state index contributed by atoms with van der Waals surface area (Å²) in [6.07, 6.45) is 3.88. The van der Waals surface area contributed by atoms with Gasteiger partial charge in [0.1, 0.15) is 5.54 Å². The fraction of sp³-hybridized carbons (Fsp3) is 0.667. The Morgan fingerprint density at radius 1 is 1.71 bits per heavy atom. The Balaban J connectivity index is 2.23. The molecule has 0 aromatic carbocycles. The molecule has 0 bridgehead atoms. The number of hydrogen-bond donors (Lipinski definition) is 1. The maximum absolute atomic E-state index is 9.49. The van der Waals surface area contributed by atoms with Crippen LogP contribution in [0.4, 0.5) is 0 Å². The van der Waals surface area contributed by atoms with E-state index in [2.05, 4.69) is 16.5 Å². The first-order valence-corrected chi connectivity index (χ1v) is 6.35. The van der Waals surface area contributed by atoms with E-state index in [0.717, 1.165) is 25.1 Å². The smallest absolute Gasteiger partial charge is 0.129 e. The summed E-state index contributed by atoms with van der Waals surface area (Å²) in [7, 11) is 0. The van der Waals surface area contributed by atoms with Crippen molar-refractivity contribution in [3.63, 3.8) is 0 Å². The van der Waals surface area contributed by atoms with Gasteiger partial charge >= 0.3 is 0 Å². The number of halogens is 1. The predicted molar refractivity (Wildman–Crippen MR) is 66.7 cm³/mol. The molecule has 1 atom stereocenters. The third kappa shape index (κ3) is 2.31. The molecule has 17 heavy (non-hydrogen) atoms. The highest BCUT2D eigenvalue weighted by Crippen LogP contribution is 2.40. The van der Waals surface area contributed by atoms with Gasteiger partial charge < -0.3 is 0 Å². The molecule has 1 saturated carbocycles. The Bertz CT molecular complexity index is 444. The van der Waals surface area contributed by atoms with E-state index >= 15 is 0 Å². The summed E-state index contributed by atoms with van der Waals surface area (Å²) < 4.78 is 1.83. The number of aromatic nitrogens is 2. The molecule has 2 rings (SSSR count). The van der Waals surface area contributed by atoms with Crippen molar-refractivity contribution < 1.29 is 0 Å². The van der Waals surface area contributed by atoms with Crippen molar-refractivity contribution in [2.75, 3.05) is 6.54 Å². The lowest BCUT2D eigenvalue weighted by molar-refractivity contribution is 0.308. The first-order chi connectivity index (χ1) is 8.13. The molecule has 4 nitrogen and oxygen atoms in total. The molecule has 1 heterocycles. The zero-order valence-electron chi connectivity index (χ0n) is 10.2. The van der Waals surface area contributed by atoms with Gasteiger partial charge in [0, 0.05) is 0 Å². The molecule has 0 amide bonds. The lowest BCUT2D eigenvalue weighted by Gasteiger charge is -2.28. The first-order valence-electron chi connectivity index (χ1n) is 5.97. The zero-order chi connectivity index (χ0) is 12.5. The average Bonchev–Trinajstić information content (AvgIpc) is 3.12. The summed E-state index contributed by atoms with van der Waals surface area (Å²) in [5.41, 5.74) is 0.430. The highest BCUT2D eigenvalue weighted by Gasteiger charge is 2.45. The second-order valence-corrected chi connectivity index (χ2v) is 5.03. The Hall–Kier alpha value is -1.05. The summed E-state index contributed by atoms with van der Waals surface area (Å²) in [6.45, 7) is 5.31. The third-order valence-corrected chi connectivity index (χ3v) is 3.78. The Labute approximate surface area is 107 Å². The molecule has 0 radical (unpaired) electrons. The summed E-state index contributed by atoms with van der Waals surface area (Å²) in [6, 6.07) is 2.45. The summed E-state index contributed by atoms with van der Waals surface area (Å²) in [4.78, 5) is 0. The van der Waals surface area contributed by atoms with Crippen LogP contribution in [0.1, 0.15) is 25.5 Å². The van der Waals surface area contributed by atoms with Crippen molar-refractivity contribution in [2.24, 2.45) is 5.92 Å². The van der Waals surface area contributed by atoms with Crippen LogP contribution in [0.2, 0.25) is 5.02 Å². The minimum absolute atomic E-state index is 0.440. The van der Waals surface area contributed by atoms with Crippen molar-refractivity contribution in [3.8, 4) is 6.07 Å². The number of nitrogens with one attached hydrogen (secondary N) is 1. The number of rotatable bonds is 5. The molecule has 92 valence electrons. The van der Waals surface area contributed by atoms with Gasteiger partial charge in [-0.3, -0.25) is 10.00 Å². The predicted octanol–water partition coefficient (Wildman–Crippen LogP) is 2.13. The van der Waals surface area contributed by atoms with E-state index in [1.165, 1.54) is 0 Å². The molecule has 0 saturated heterocycles. The summed E-state index contributed by atoms with van der Waals surface area (Å²) in [5, 5.41) is 17.7. The van der Waals surface area contributed by atoms with E-state index in [4.69, 9.17) is 11.6 Å². The van der Waals surface area contributed by atoms with Gasteiger partial charge in [-0.05, 0) is 32.2 Å². The third-order valence-electron chi connectivity index (χ3n) is 3.41. The minimum Gasteiger partial charge on any atom is -0.298 e. The number of nitriles is 1. The Kier molecular flexibility index (Phi) is 3.41. The lowest BCUT2D eigenvalue weighted by Crippen LogP contribution is -2.49. The van der Waals surface area contributed by atoms with Gasteiger partial charge in [0.25, 0.3) is 0 Å². The van der Waals surface area contributed by atoms with Crippen molar-refractivity contribution in [1.82, 2.24) is 15.1 Å². The second-order valence-electron chi connectivity index (χ2n) is 4.62. The normalized spacial score (nSPS) is 18.7. The van der Waals surface area contributed by atoms with E-state index in [1.807, 2.05) is 18.5 Å². The van der Waals surface area contributed by atoms with Gasteiger partial charge in [0.05, 0.1) is 29.5 Å². The van der Waals surface area contributed by atoms with Gasteiger partial charge in [-0.2, -0.15) is 10.4 Å². The van der Waals surface area contributed by atoms with Crippen molar-refractivity contribution in [1.29, 1.82) is 5.26 Å². The molecular weight excluding hydrogens is 236 g/mol. The van der Waals surface area contributed by atoms with E-state index < -0.39 is 5.54 Å². The highest BCUT2D eigenvalue weighted by molar-refractivity contribution is 6.31. The zero-order valence-corrected chi connectivity index (χ0v) is 11.0. The molecular formula is C12H17ClN4. The number of hydrogen-bond acceptors (Lipinski definition) is 3. The molecule has 1 aromatic heterocycles. The van der Waals surface area contributed by atoms with Crippen LogP contribution in [0.3, 0.4) is 0 Å². The maximum atomic E-state index is 9.49. The number of likely N-dealkylation sites (N-methyl/N-ethyl adjacent to an activating group) is 1. The fourth-order valence-electron chi connectivity index (χ4n) is 2.21. The van der Waals surface area contributed by atoms with Gasteiger partial charge in [-0.25, -0.2) is 0 Å². The van der Waals surface area contributed by atoms with Crippen LogP contribution >= 0.6 is 11.6 Å². The van der Waals surface area contributed by atoms with E-state index in [0.29, 0.717) is 17.5 Å². The molecule has 0 aliphatic heterocycles. The van der Waals surface area contributed by atoms with Crippen molar-refractivity contribution >= 4 is 11.6 Å². The SMILES string of the molecule is CCNC(C#N)(Cn1ncc(Cl)c1C)C1CC1. The molecule has 1 fully saturated rings. The second kappa shape index (κ2) is 4.67. The molecule has 5 heteroatoms. The van der Waals surface area contributed by atoms with Crippen LogP contribution in [-0.4, -0.2) is 21.9 Å². The largest absolute Gasteiger partial charge is 0.298 e. The quantitative estimate of drug-likeness (QED) is 0.874. The fourth-order valence-corrected chi connectivity index (χ4v) is 2.35. The van der Waals surface area contributed by atoms with Crippen LogP contribution in [-0.2, 0) is 6.54 Å². The molecule has 1 N–H and O–H groups in total. The van der Waals surface area contributed by atoms with E-state index in [9.17, 15) is 5.26 Å². The highest BCUT2D eigenvalue weighted by atomic mass is 35.5. The maximum Gasteiger partial charge on any atom is 0.129 e. The van der Waals surface area contributed by atoms with Crippen LogP contribution in [0.25, 0.3) is 0 Å². The van der Waals surface area contributed by atoms with Crippen LogP contribution < -0.4 is 5.32 Å². The van der Waals surface area contributed by atoms with Crippen molar-refractivity contribution in [3.05, 3.63) is 16.9 Å². The average molecular weight is 253 g/mol. The monoisotopic (exact) mass is 252 g/mol. The van der Waals surface area contributed by atoms with Gasteiger partial charge in [0.15, 0.2) is 0 Å². The van der Waals surface area contributed by atoms with Gasteiger partial charge in [0.2, 0.25) is 0 Å². The molecule has 1 aromatic rings. The molecule has 1 unspecified atom stereocenters. The summed E-state index contributed by atoms with van der Waals surface area (Å²) in [5.74, 6) is 0.440. The molecule has 1 aliphatic rings. The Morgan fingerprint density at radius 2 is 2.41 bits per heavy atom. The summed E-state index contributed by atoms with van der Waals surface area (Å²) >= 11 is 5.99. The van der Waals surface area contributed by atoms with Crippen LogP contribution in [0.5, 0.6) is 0 Å². The van der Waals surface area contributed by atoms with Crippen LogP contribution in [0, 0.1) is 24.2 Å². The lowest BCUT2D eigenvalue weighted by atomic mass is 9.95.